The fourth-order valence-electron chi connectivity index (χ4n) is 2.73. The third-order valence-electron chi connectivity index (χ3n) is 3.98. The van der Waals surface area contributed by atoms with Gasteiger partial charge in [-0.2, -0.15) is 0 Å². The smallest absolute Gasteiger partial charge is 0.329 e. The normalized spacial score (nSPS) is 15.2. The molecule has 136 valence electrons. The van der Waals surface area contributed by atoms with E-state index in [1.807, 2.05) is 6.92 Å². The lowest BCUT2D eigenvalue weighted by Gasteiger charge is -2.18. The van der Waals surface area contributed by atoms with Gasteiger partial charge in [0.25, 0.3) is 11.8 Å². The Morgan fingerprint density at radius 3 is 2.16 bits per heavy atom. The lowest BCUT2D eigenvalue weighted by atomic mass is 9.99. The molecule has 0 saturated heterocycles. The molecule has 25 heavy (non-hydrogen) atoms. The number of hydrogen-bond acceptors (Lipinski definition) is 6. The van der Waals surface area contributed by atoms with Crippen LogP contribution in [0.2, 0.25) is 0 Å². The average Bonchev–Trinajstić information content (AvgIpc) is 2.78. The van der Waals surface area contributed by atoms with E-state index in [1.165, 1.54) is 12.1 Å². The average molecular weight is 367 g/mol. The number of hydroxylamine groups is 2. The molecule has 0 saturated carbocycles. The molecule has 0 N–H and O–H groups in total. The van der Waals surface area contributed by atoms with Crippen LogP contribution in [-0.2, 0) is 19.5 Å². The van der Waals surface area contributed by atoms with Gasteiger partial charge >= 0.3 is 5.97 Å². The molecule has 2 amide bonds. The van der Waals surface area contributed by atoms with Gasteiger partial charge in [0.1, 0.15) is 9.84 Å². The minimum Gasteiger partial charge on any atom is -0.329 e. The maximum atomic E-state index is 12.4. The van der Waals surface area contributed by atoms with E-state index >= 15 is 0 Å². The Bertz CT molecular complexity index is 751. The van der Waals surface area contributed by atoms with E-state index in [0.29, 0.717) is 30.7 Å². The summed E-state index contributed by atoms with van der Waals surface area (Å²) in [5.74, 6) is -2.60. The molecule has 1 aliphatic rings. The Morgan fingerprint density at radius 2 is 1.68 bits per heavy atom. The second-order valence-corrected chi connectivity index (χ2v) is 8.38. The fraction of sp³-hybridized carbons (Fsp3) is 0.471. The first-order valence-electron chi connectivity index (χ1n) is 8.12. The summed E-state index contributed by atoms with van der Waals surface area (Å²) in [6.45, 7) is 1.89. The Labute approximate surface area is 146 Å². The van der Waals surface area contributed by atoms with Crippen molar-refractivity contribution in [2.45, 2.75) is 32.6 Å². The van der Waals surface area contributed by atoms with E-state index in [0.717, 1.165) is 6.26 Å². The summed E-state index contributed by atoms with van der Waals surface area (Å²) < 4.78 is 22.4. The summed E-state index contributed by atoms with van der Waals surface area (Å²) in [5, 5.41) is 0.492. The van der Waals surface area contributed by atoms with Crippen LogP contribution in [0.4, 0.5) is 0 Å². The number of nitrogens with zero attached hydrogens (tertiary/aromatic N) is 1. The number of carbonyl (C=O) groups excluding carboxylic acids is 3. The molecule has 0 bridgehead atoms. The summed E-state index contributed by atoms with van der Waals surface area (Å²) in [5.41, 5.74) is 0.397. The molecule has 2 rings (SSSR count). The Balaban J connectivity index is 2.03. The first kappa shape index (κ1) is 19.1. The van der Waals surface area contributed by atoms with Gasteiger partial charge in [0.05, 0.1) is 17.0 Å². The molecule has 0 aromatic heterocycles. The number of sulfone groups is 1. The van der Waals surface area contributed by atoms with E-state index in [2.05, 4.69) is 0 Å². The van der Waals surface area contributed by atoms with Crippen molar-refractivity contribution in [2.75, 3.05) is 12.0 Å². The number of hydrogen-bond donors (Lipinski definition) is 0. The van der Waals surface area contributed by atoms with Crippen LogP contribution >= 0.6 is 0 Å². The highest BCUT2D eigenvalue weighted by molar-refractivity contribution is 7.90. The number of fused-ring (bicyclic) bond motifs is 1. The minimum atomic E-state index is -3.11. The third kappa shape index (κ3) is 4.66. The minimum absolute atomic E-state index is 0.0203. The van der Waals surface area contributed by atoms with E-state index in [1.54, 1.807) is 12.1 Å². The SMILES string of the molecule is CCCC(CCCS(C)(=O)=O)C(=O)ON1C(=O)c2ccccc2C1=O. The molecule has 1 aromatic carbocycles. The molecule has 8 heteroatoms. The van der Waals surface area contributed by atoms with Gasteiger partial charge in [-0.05, 0) is 31.4 Å². The van der Waals surface area contributed by atoms with Crippen molar-refractivity contribution in [3.8, 4) is 0 Å². The fourth-order valence-corrected chi connectivity index (χ4v) is 3.43. The molecule has 1 unspecified atom stereocenters. The van der Waals surface area contributed by atoms with Crippen molar-refractivity contribution in [1.82, 2.24) is 5.06 Å². The van der Waals surface area contributed by atoms with Crippen molar-refractivity contribution in [1.29, 1.82) is 0 Å². The highest BCUT2D eigenvalue weighted by atomic mass is 32.2. The van der Waals surface area contributed by atoms with Gasteiger partial charge in [-0.15, -0.1) is 0 Å². The first-order valence-corrected chi connectivity index (χ1v) is 10.2. The van der Waals surface area contributed by atoms with E-state index in [4.69, 9.17) is 4.84 Å². The quantitative estimate of drug-likeness (QED) is 0.652. The summed E-state index contributed by atoms with van der Waals surface area (Å²) in [4.78, 5) is 41.9. The number of benzene rings is 1. The lowest BCUT2D eigenvalue weighted by molar-refractivity contribution is -0.174. The van der Waals surface area contributed by atoms with E-state index in [-0.39, 0.29) is 16.9 Å². The molecule has 0 fully saturated rings. The Morgan fingerprint density at radius 1 is 1.12 bits per heavy atom. The maximum Gasteiger partial charge on any atom is 0.336 e. The van der Waals surface area contributed by atoms with Crippen molar-refractivity contribution in [2.24, 2.45) is 5.92 Å². The zero-order valence-electron chi connectivity index (χ0n) is 14.2. The van der Waals surface area contributed by atoms with Gasteiger partial charge in [-0.25, -0.2) is 13.2 Å². The first-order chi connectivity index (χ1) is 11.7. The van der Waals surface area contributed by atoms with Crippen LogP contribution < -0.4 is 0 Å². The van der Waals surface area contributed by atoms with Gasteiger partial charge in [-0.3, -0.25) is 9.59 Å². The van der Waals surface area contributed by atoms with Crippen molar-refractivity contribution in [3.63, 3.8) is 0 Å². The van der Waals surface area contributed by atoms with E-state index < -0.39 is 33.5 Å². The molecule has 0 aliphatic carbocycles. The topological polar surface area (TPSA) is 97.8 Å². The monoisotopic (exact) mass is 367 g/mol. The zero-order chi connectivity index (χ0) is 18.6. The molecule has 1 heterocycles. The van der Waals surface area contributed by atoms with Gasteiger partial charge in [0, 0.05) is 12.0 Å². The van der Waals surface area contributed by atoms with Gasteiger partial charge in [-0.1, -0.05) is 30.5 Å². The van der Waals surface area contributed by atoms with Crippen LogP contribution in [0.5, 0.6) is 0 Å². The molecule has 1 aliphatic heterocycles. The molecule has 7 nitrogen and oxygen atoms in total. The van der Waals surface area contributed by atoms with Crippen LogP contribution in [0.3, 0.4) is 0 Å². The molecule has 0 radical (unpaired) electrons. The van der Waals surface area contributed by atoms with Crippen LogP contribution in [0, 0.1) is 5.92 Å². The predicted octanol–water partition coefficient (Wildman–Crippen LogP) is 1.98. The number of amides is 2. The second kappa shape index (κ2) is 7.77. The third-order valence-corrected chi connectivity index (χ3v) is 5.01. The molecule has 0 spiro atoms. The Kier molecular flexibility index (Phi) is 5.94. The summed E-state index contributed by atoms with van der Waals surface area (Å²) >= 11 is 0. The van der Waals surface area contributed by atoms with Gasteiger partial charge < -0.3 is 4.84 Å². The largest absolute Gasteiger partial charge is 0.336 e. The predicted molar refractivity (Wildman–Crippen MR) is 90.4 cm³/mol. The lowest BCUT2D eigenvalue weighted by Crippen LogP contribution is -2.35. The van der Waals surface area contributed by atoms with Crippen molar-refractivity contribution in [3.05, 3.63) is 35.4 Å². The second-order valence-electron chi connectivity index (χ2n) is 6.12. The van der Waals surface area contributed by atoms with Crippen LogP contribution in [0.1, 0.15) is 53.3 Å². The van der Waals surface area contributed by atoms with Crippen LogP contribution in [-0.4, -0.2) is 43.3 Å². The number of rotatable bonds is 8. The highest BCUT2D eigenvalue weighted by Crippen LogP contribution is 2.24. The molecular weight excluding hydrogens is 346 g/mol. The standard InChI is InChI=1S/C17H21NO6S/c1-3-7-12(8-6-11-25(2,22)23)17(21)24-18-15(19)13-9-4-5-10-14(13)16(18)20/h4-5,9-10,12H,3,6-8,11H2,1-2H3. The summed E-state index contributed by atoms with van der Waals surface area (Å²) in [7, 11) is -3.11. The number of imide groups is 1. The summed E-state index contributed by atoms with van der Waals surface area (Å²) in [6, 6.07) is 6.25. The van der Waals surface area contributed by atoms with E-state index in [9.17, 15) is 22.8 Å². The molecule has 1 atom stereocenters. The van der Waals surface area contributed by atoms with Crippen LogP contribution in [0.15, 0.2) is 24.3 Å². The molecular formula is C17H21NO6S. The van der Waals surface area contributed by atoms with Gasteiger partial charge in [0.15, 0.2) is 0 Å². The van der Waals surface area contributed by atoms with Crippen LogP contribution in [0.25, 0.3) is 0 Å². The zero-order valence-corrected chi connectivity index (χ0v) is 15.0. The Hall–Kier alpha value is -2.22. The molecule has 1 aromatic rings. The van der Waals surface area contributed by atoms with Gasteiger partial charge in [0.2, 0.25) is 0 Å². The number of carbonyl (C=O) groups is 3. The van der Waals surface area contributed by atoms with Crippen molar-refractivity contribution < 1.29 is 27.6 Å². The maximum absolute atomic E-state index is 12.4. The highest BCUT2D eigenvalue weighted by Gasteiger charge is 2.39. The summed E-state index contributed by atoms with van der Waals surface area (Å²) in [6.07, 6.45) is 2.97. The van der Waals surface area contributed by atoms with Crippen molar-refractivity contribution >= 4 is 27.6 Å².